The first-order valence-corrected chi connectivity index (χ1v) is 14.6. The molecule has 5 rings (SSSR count). The maximum absolute atomic E-state index is 14.5. The van der Waals surface area contributed by atoms with E-state index in [0.29, 0.717) is 30.3 Å². The molecule has 1 spiro atoms. The van der Waals surface area contributed by atoms with Gasteiger partial charge in [-0.05, 0) is 43.5 Å². The molecule has 1 unspecified atom stereocenters. The predicted octanol–water partition coefficient (Wildman–Crippen LogP) is 3.76. The molecular weight excluding hydrogens is 522 g/mol. The molecule has 2 fully saturated rings. The lowest BCUT2D eigenvalue weighted by Gasteiger charge is -2.41. The van der Waals surface area contributed by atoms with Crippen LogP contribution in [0.2, 0.25) is 5.02 Å². The van der Waals surface area contributed by atoms with Crippen LogP contribution in [-0.2, 0) is 14.4 Å². The van der Waals surface area contributed by atoms with Crippen LogP contribution >= 0.6 is 23.4 Å². The second kappa shape index (κ2) is 10.0. The van der Waals surface area contributed by atoms with Crippen LogP contribution in [0.3, 0.4) is 0 Å². The number of anilines is 1. The minimum Gasteiger partial charge on any atom is -0.394 e. The van der Waals surface area contributed by atoms with E-state index in [9.17, 15) is 19.5 Å². The molecule has 7 nitrogen and oxygen atoms in total. The van der Waals surface area contributed by atoms with Gasteiger partial charge >= 0.3 is 0 Å². The molecular formula is C29H36ClN3O4S. The lowest BCUT2D eigenvalue weighted by molar-refractivity contribution is -0.146. The summed E-state index contributed by atoms with van der Waals surface area (Å²) in [4.78, 5) is 48.2. The van der Waals surface area contributed by atoms with E-state index in [1.807, 2.05) is 50.8 Å². The molecule has 38 heavy (non-hydrogen) atoms. The number of rotatable bonds is 6. The summed E-state index contributed by atoms with van der Waals surface area (Å²) in [7, 11) is 0. The van der Waals surface area contributed by atoms with Crippen LogP contribution in [0.25, 0.3) is 0 Å². The summed E-state index contributed by atoms with van der Waals surface area (Å²) in [5, 5.41) is 11.0. The van der Waals surface area contributed by atoms with E-state index in [-0.39, 0.29) is 30.2 Å². The molecule has 3 amide bonds. The standard InChI is InChI=1S/C29H36ClN3O4S/c1-5-14-31-15-6-12-28(4)22(25(31)35)23-26(36)33(21(17-34)18(2)3)24-27(37)32(16-7-13-29(23,24)38-28)20-10-8-19(30)9-11-20/h6-13,18,21-24,34H,5,14-17H2,1-4H3/t21-,22+,23-,24?,28-,29-/m0/s1. The van der Waals surface area contributed by atoms with Crippen LogP contribution in [0.15, 0.2) is 48.6 Å². The summed E-state index contributed by atoms with van der Waals surface area (Å²) in [6.07, 6.45) is 8.90. The molecule has 9 heteroatoms. The summed E-state index contributed by atoms with van der Waals surface area (Å²) >= 11 is 7.69. The van der Waals surface area contributed by atoms with Crippen molar-refractivity contribution in [3.8, 4) is 0 Å². The Morgan fingerprint density at radius 2 is 1.71 bits per heavy atom. The number of carbonyl (C=O) groups is 3. The Morgan fingerprint density at radius 3 is 2.34 bits per heavy atom. The summed E-state index contributed by atoms with van der Waals surface area (Å²) in [6, 6.07) is 5.69. The summed E-state index contributed by atoms with van der Waals surface area (Å²) in [6.45, 7) is 9.18. The highest BCUT2D eigenvalue weighted by Crippen LogP contribution is 2.66. The molecule has 0 radical (unpaired) electrons. The van der Waals surface area contributed by atoms with Crippen molar-refractivity contribution in [3.63, 3.8) is 0 Å². The van der Waals surface area contributed by atoms with Gasteiger partial charge in [-0.15, -0.1) is 11.8 Å². The number of amides is 3. The van der Waals surface area contributed by atoms with Crippen molar-refractivity contribution in [1.29, 1.82) is 0 Å². The molecule has 6 atom stereocenters. The maximum Gasteiger partial charge on any atom is 0.251 e. The minimum atomic E-state index is -0.938. The highest BCUT2D eigenvalue weighted by Gasteiger charge is 2.74. The molecule has 1 N–H and O–H groups in total. The van der Waals surface area contributed by atoms with Gasteiger partial charge in [0.1, 0.15) is 6.04 Å². The Kier molecular flexibility index (Phi) is 7.20. The van der Waals surface area contributed by atoms with E-state index in [2.05, 4.69) is 6.08 Å². The quantitative estimate of drug-likeness (QED) is 0.539. The average molecular weight is 558 g/mol. The molecule has 0 saturated carbocycles. The van der Waals surface area contributed by atoms with Gasteiger partial charge in [-0.1, -0.05) is 56.7 Å². The van der Waals surface area contributed by atoms with E-state index in [0.717, 1.165) is 6.42 Å². The second-order valence-corrected chi connectivity index (χ2v) is 13.5. The van der Waals surface area contributed by atoms with E-state index in [1.165, 1.54) is 0 Å². The number of halogens is 1. The zero-order valence-electron chi connectivity index (χ0n) is 22.3. The molecule has 4 aliphatic heterocycles. The fourth-order valence-electron chi connectivity index (χ4n) is 6.81. The zero-order valence-corrected chi connectivity index (χ0v) is 23.9. The number of fused-ring (bicyclic) bond motifs is 2. The van der Waals surface area contributed by atoms with Crippen LogP contribution in [-0.4, -0.2) is 80.4 Å². The Labute approximate surface area is 233 Å². The van der Waals surface area contributed by atoms with E-state index < -0.39 is 33.4 Å². The molecule has 1 aromatic rings. The van der Waals surface area contributed by atoms with Crippen molar-refractivity contribution in [1.82, 2.24) is 9.80 Å². The largest absolute Gasteiger partial charge is 0.394 e. The van der Waals surface area contributed by atoms with E-state index in [4.69, 9.17) is 11.6 Å². The summed E-state index contributed by atoms with van der Waals surface area (Å²) in [5.41, 5.74) is 0.690. The van der Waals surface area contributed by atoms with Crippen molar-refractivity contribution >= 4 is 46.8 Å². The first-order valence-electron chi connectivity index (χ1n) is 13.4. The SMILES string of the molecule is CCCN1CC=C[C@]2(C)S[C@]34C=CCN(c5ccc(Cl)cc5)C(=O)C3N([C@@H](CO)C(C)C)C(=O)[C@@H]4[C@@H]2C1=O. The molecule has 2 saturated heterocycles. The smallest absolute Gasteiger partial charge is 0.251 e. The normalized spacial score (nSPS) is 33.4. The van der Waals surface area contributed by atoms with Gasteiger partial charge in [0.15, 0.2) is 0 Å². The Bertz CT molecular complexity index is 1190. The fourth-order valence-corrected chi connectivity index (χ4v) is 9.08. The van der Waals surface area contributed by atoms with Gasteiger partial charge in [-0.25, -0.2) is 0 Å². The van der Waals surface area contributed by atoms with Crippen molar-refractivity contribution < 1.29 is 19.5 Å². The van der Waals surface area contributed by atoms with Crippen LogP contribution in [0.4, 0.5) is 5.69 Å². The van der Waals surface area contributed by atoms with Crippen LogP contribution in [0.1, 0.15) is 34.1 Å². The number of carbonyl (C=O) groups excluding carboxylic acids is 3. The first-order chi connectivity index (χ1) is 18.1. The number of aliphatic hydroxyl groups excluding tert-OH is 1. The molecule has 0 aliphatic carbocycles. The number of benzene rings is 1. The van der Waals surface area contributed by atoms with E-state index >= 15 is 0 Å². The third-order valence-corrected chi connectivity index (χ3v) is 10.6. The second-order valence-electron chi connectivity index (χ2n) is 11.3. The number of hydrogen-bond acceptors (Lipinski definition) is 5. The highest BCUT2D eigenvalue weighted by molar-refractivity contribution is 8.02. The Hall–Kier alpha value is -2.29. The maximum atomic E-state index is 14.5. The van der Waals surface area contributed by atoms with Crippen molar-refractivity contribution in [3.05, 3.63) is 53.6 Å². The average Bonchev–Trinajstić information content (AvgIpc) is 3.14. The zero-order chi connectivity index (χ0) is 27.4. The van der Waals surface area contributed by atoms with Crippen molar-refractivity contribution in [2.45, 2.75) is 55.7 Å². The van der Waals surface area contributed by atoms with Crippen LogP contribution < -0.4 is 4.90 Å². The predicted molar refractivity (Wildman–Crippen MR) is 151 cm³/mol. The van der Waals surface area contributed by atoms with Crippen LogP contribution in [0.5, 0.6) is 0 Å². The van der Waals surface area contributed by atoms with E-state index in [1.54, 1.807) is 45.8 Å². The first kappa shape index (κ1) is 27.3. The highest BCUT2D eigenvalue weighted by atomic mass is 35.5. The van der Waals surface area contributed by atoms with Crippen LogP contribution in [0, 0.1) is 17.8 Å². The van der Waals surface area contributed by atoms with Gasteiger partial charge < -0.3 is 19.8 Å². The lowest BCUT2D eigenvalue weighted by atomic mass is 9.74. The monoisotopic (exact) mass is 557 g/mol. The van der Waals surface area contributed by atoms with Gasteiger partial charge in [-0.3, -0.25) is 14.4 Å². The lowest BCUT2D eigenvalue weighted by Crippen LogP contribution is -2.58. The number of aliphatic hydroxyl groups is 1. The molecule has 1 aromatic carbocycles. The van der Waals surface area contributed by atoms with Gasteiger partial charge in [0, 0.05) is 35.1 Å². The Morgan fingerprint density at radius 1 is 1.03 bits per heavy atom. The topological polar surface area (TPSA) is 81.2 Å². The number of likely N-dealkylation sites (tertiary alicyclic amines) is 1. The molecule has 0 bridgehead atoms. The Balaban J connectivity index is 1.68. The minimum absolute atomic E-state index is 0.0348. The van der Waals surface area contributed by atoms with Gasteiger partial charge in [0.05, 0.1) is 29.2 Å². The summed E-state index contributed by atoms with van der Waals surface area (Å²) in [5.74, 6) is -1.87. The molecule has 0 aromatic heterocycles. The molecule has 204 valence electrons. The fraction of sp³-hybridized carbons (Fsp3) is 0.552. The number of nitrogens with zero attached hydrogens (tertiary/aromatic N) is 3. The number of thioether (sulfide) groups is 1. The van der Waals surface area contributed by atoms with Gasteiger partial charge in [0.25, 0.3) is 5.91 Å². The van der Waals surface area contributed by atoms with Gasteiger partial charge in [0.2, 0.25) is 11.8 Å². The van der Waals surface area contributed by atoms with Crippen molar-refractivity contribution in [2.75, 3.05) is 31.1 Å². The van der Waals surface area contributed by atoms with Crippen molar-refractivity contribution in [2.24, 2.45) is 17.8 Å². The third-order valence-electron chi connectivity index (χ3n) is 8.52. The van der Waals surface area contributed by atoms with Gasteiger partial charge in [-0.2, -0.15) is 0 Å². The summed E-state index contributed by atoms with van der Waals surface area (Å²) < 4.78 is -1.58. The molecule has 4 heterocycles. The molecule has 4 aliphatic rings. The third kappa shape index (κ3) is 4.02. The number of hydrogen-bond donors (Lipinski definition) is 1.